The number of nitrogen functional groups attached to an aromatic ring is 1. The molecule has 2 fully saturated rings. The monoisotopic (exact) mass is 635 g/mol. The summed E-state index contributed by atoms with van der Waals surface area (Å²) < 4.78 is 18.7. The normalized spacial score (nSPS) is 17.2. The number of nitrogens with one attached hydrogen (secondary N) is 3. The number of rotatable bonds is 8. The average Bonchev–Trinajstić information content (AvgIpc) is 3.40. The van der Waals surface area contributed by atoms with Gasteiger partial charge in [-0.25, -0.2) is 4.79 Å². The van der Waals surface area contributed by atoms with Gasteiger partial charge in [-0.3, -0.25) is 14.9 Å². The number of ether oxygens (including phenoxy) is 3. The highest BCUT2D eigenvalue weighted by Gasteiger charge is 2.27. The number of aromatic amines is 1. The highest BCUT2D eigenvalue weighted by Crippen LogP contribution is 2.37. The van der Waals surface area contributed by atoms with Crippen LogP contribution in [0.1, 0.15) is 0 Å². The fourth-order valence-electron chi connectivity index (χ4n) is 5.31. The summed E-state index contributed by atoms with van der Waals surface area (Å²) in [4.78, 5) is 17.2. The summed E-state index contributed by atoms with van der Waals surface area (Å²) in [6, 6.07) is 18.7. The molecule has 220 valence electrons. The van der Waals surface area contributed by atoms with Gasteiger partial charge in [-0.05, 0) is 53.6 Å². The van der Waals surface area contributed by atoms with E-state index in [0.29, 0.717) is 36.2 Å². The van der Waals surface area contributed by atoms with Gasteiger partial charge in [0, 0.05) is 48.6 Å². The Morgan fingerprint density at radius 3 is 2.43 bits per heavy atom. The fourth-order valence-corrected chi connectivity index (χ4v) is 5.71. The molecule has 0 bridgehead atoms. The highest BCUT2D eigenvalue weighted by atomic mass is 79.9. The molecule has 5 N–H and O–H groups in total. The first kappa shape index (κ1) is 28.4. The molecule has 2 amide bonds. The second kappa shape index (κ2) is 13.1. The number of nitrogens with zero attached hydrogens (tertiary/aromatic N) is 3. The second-order valence-corrected chi connectivity index (χ2v) is 11.2. The molecule has 1 aromatic heterocycles. The number of amides is 2. The Morgan fingerprint density at radius 1 is 0.976 bits per heavy atom. The number of fused-ring (bicyclic) bond motifs is 1. The zero-order valence-electron chi connectivity index (χ0n) is 23.1. The van der Waals surface area contributed by atoms with E-state index in [4.69, 9.17) is 19.9 Å². The number of nitrogens with two attached hydrogens (primary N) is 1. The van der Waals surface area contributed by atoms with Gasteiger partial charge in [-0.1, -0.05) is 34.1 Å². The third-order valence-electron chi connectivity index (χ3n) is 7.48. The number of urea groups is 1. The Bertz CT molecular complexity index is 1520. The summed E-state index contributed by atoms with van der Waals surface area (Å²) >= 11 is 3.41. The van der Waals surface area contributed by atoms with Crippen molar-refractivity contribution in [3.05, 3.63) is 65.1 Å². The molecular formula is C30H34BrN7O4. The maximum Gasteiger partial charge on any atom is 0.323 e. The number of carbonyl (C=O) groups is 1. The highest BCUT2D eigenvalue weighted by molar-refractivity contribution is 9.10. The third kappa shape index (κ3) is 6.69. The first-order chi connectivity index (χ1) is 20.5. The smallest absolute Gasteiger partial charge is 0.323 e. The zero-order chi connectivity index (χ0) is 28.9. The maximum atomic E-state index is 12.5. The first-order valence-electron chi connectivity index (χ1n) is 14.0. The van der Waals surface area contributed by atoms with Crippen LogP contribution in [0.15, 0.2) is 65.1 Å². The lowest BCUT2D eigenvalue weighted by atomic mass is 10.0. The summed E-state index contributed by atoms with van der Waals surface area (Å²) in [5.41, 5.74) is 10.3. The van der Waals surface area contributed by atoms with E-state index in [1.165, 1.54) is 0 Å². The lowest BCUT2D eigenvalue weighted by molar-refractivity contribution is -0.0682. The van der Waals surface area contributed by atoms with Gasteiger partial charge in [-0.2, -0.15) is 5.10 Å². The standard InChI is InChI=1S/C30H34BrN7O4/c31-21-2-1-3-23(18-21)34-30(39)33-22-6-4-20(5-7-22)24-8-9-25(28-27(24)29(32)36-35-28)42-26(38-12-16-41-17-13-38)19-37-10-14-40-15-11-37/h1-9,18,26H,10-17,19H2,(H3,32,35,36)(H2,33,34,39). The minimum atomic E-state index is -0.323. The Balaban J connectivity index is 1.20. The van der Waals surface area contributed by atoms with E-state index in [1.54, 1.807) is 0 Å². The number of hydrogen-bond acceptors (Lipinski definition) is 8. The Labute approximate surface area is 252 Å². The molecule has 0 radical (unpaired) electrons. The number of halogens is 1. The molecular weight excluding hydrogens is 602 g/mol. The number of carbonyl (C=O) groups excluding carboxylic acids is 1. The summed E-state index contributed by atoms with van der Waals surface area (Å²) in [7, 11) is 0. The molecule has 42 heavy (non-hydrogen) atoms. The van der Waals surface area contributed by atoms with Gasteiger partial charge in [-0.15, -0.1) is 0 Å². The largest absolute Gasteiger partial charge is 0.471 e. The molecule has 2 aliphatic rings. The van der Waals surface area contributed by atoms with Gasteiger partial charge in [0.2, 0.25) is 0 Å². The number of hydrogen-bond donors (Lipinski definition) is 4. The number of morpholine rings is 2. The number of H-pyrrole nitrogens is 1. The van der Waals surface area contributed by atoms with Gasteiger partial charge in [0.25, 0.3) is 0 Å². The molecule has 2 saturated heterocycles. The molecule has 1 atom stereocenters. The number of benzene rings is 3. The molecule has 4 aromatic rings. The van der Waals surface area contributed by atoms with Crippen molar-refractivity contribution in [1.82, 2.24) is 20.0 Å². The quantitative estimate of drug-likeness (QED) is 0.221. The maximum absolute atomic E-state index is 12.5. The van der Waals surface area contributed by atoms with Crippen LogP contribution in [0.2, 0.25) is 0 Å². The number of aromatic nitrogens is 2. The van der Waals surface area contributed by atoms with Crippen molar-refractivity contribution in [3.63, 3.8) is 0 Å². The molecule has 3 heterocycles. The van der Waals surface area contributed by atoms with E-state index < -0.39 is 0 Å². The predicted octanol–water partition coefficient (Wildman–Crippen LogP) is 4.59. The van der Waals surface area contributed by atoms with Crippen molar-refractivity contribution >= 4 is 50.1 Å². The molecule has 11 nitrogen and oxygen atoms in total. The van der Waals surface area contributed by atoms with E-state index in [-0.39, 0.29) is 12.3 Å². The minimum Gasteiger partial charge on any atom is -0.471 e. The third-order valence-corrected chi connectivity index (χ3v) is 7.97. The van der Waals surface area contributed by atoms with E-state index in [9.17, 15) is 4.79 Å². The van der Waals surface area contributed by atoms with E-state index >= 15 is 0 Å². The van der Waals surface area contributed by atoms with Gasteiger partial charge in [0.1, 0.15) is 11.3 Å². The minimum absolute atomic E-state index is 0.154. The van der Waals surface area contributed by atoms with Gasteiger partial charge < -0.3 is 30.6 Å². The van der Waals surface area contributed by atoms with Crippen molar-refractivity contribution in [2.45, 2.75) is 6.23 Å². The van der Waals surface area contributed by atoms with Crippen LogP contribution in [0.25, 0.3) is 22.0 Å². The Kier molecular flexibility index (Phi) is 8.87. The van der Waals surface area contributed by atoms with Crippen LogP contribution < -0.4 is 21.1 Å². The van der Waals surface area contributed by atoms with Crippen LogP contribution in [0.4, 0.5) is 22.0 Å². The average molecular weight is 637 g/mol. The lowest BCUT2D eigenvalue weighted by Crippen LogP contribution is -2.53. The zero-order valence-corrected chi connectivity index (χ0v) is 24.7. The molecule has 0 spiro atoms. The molecule has 2 aliphatic heterocycles. The summed E-state index contributed by atoms with van der Waals surface area (Å²) in [6.45, 7) is 6.98. The molecule has 3 aromatic carbocycles. The van der Waals surface area contributed by atoms with Crippen LogP contribution >= 0.6 is 15.9 Å². The molecule has 1 unspecified atom stereocenters. The summed E-state index contributed by atoms with van der Waals surface area (Å²) in [5.74, 6) is 1.10. The van der Waals surface area contributed by atoms with Crippen molar-refractivity contribution < 1.29 is 19.0 Å². The van der Waals surface area contributed by atoms with Crippen LogP contribution in [0, 0.1) is 0 Å². The van der Waals surface area contributed by atoms with Crippen LogP contribution in [-0.4, -0.2) is 91.4 Å². The number of anilines is 3. The van der Waals surface area contributed by atoms with Crippen LogP contribution in [0.3, 0.4) is 0 Å². The van der Waals surface area contributed by atoms with E-state index in [0.717, 1.165) is 72.4 Å². The van der Waals surface area contributed by atoms with Crippen molar-refractivity contribution in [2.75, 3.05) is 75.5 Å². The SMILES string of the molecule is Nc1n[nH]c2c(OC(CN3CCOCC3)N3CCOCC3)ccc(-c3ccc(NC(=O)Nc4cccc(Br)c4)cc3)c12. The van der Waals surface area contributed by atoms with Gasteiger partial charge >= 0.3 is 6.03 Å². The second-order valence-electron chi connectivity index (χ2n) is 10.3. The predicted molar refractivity (Wildman–Crippen MR) is 167 cm³/mol. The van der Waals surface area contributed by atoms with Crippen molar-refractivity contribution in [3.8, 4) is 16.9 Å². The molecule has 12 heteroatoms. The first-order valence-corrected chi connectivity index (χ1v) is 14.8. The van der Waals surface area contributed by atoms with Gasteiger partial charge in [0.05, 0.1) is 31.8 Å². The fraction of sp³-hybridized carbons (Fsp3) is 0.333. The summed E-state index contributed by atoms with van der Waals surface area (Å²) in [6.07, 6.45) is -0.154. The van der Waals surface area contributed by atoms with Crippen LogP contribution in [0.5, 0.6) is 5.75 Å². The Hall–Kier alpha value is -3.68. The molecule has 6 rings (SSSR count). The van der Waals surface area contributed by atoms with E-state index in [1.807, 2.05) is 60.7 Å². The topological polar surface area (TPSA) is 130 Å². The lowest BCUT2D eigenvalue weighted by Gasteiger charge is -2.38. The van der Waals surface area contributed by atoms with E-state index in [2.05, 4.69) is 46.6 Å². The molecule has 0 saturated carbocycles. The summed E-state index contributed by atoms with van der Waals surface area (Å²) in [5, 5.41) is 13.9. The van der Waals surface area contributed by atoms with Gasteiger partial charge in [0.15, 0.2) is 12.0 Å². The van der Waals surface area contributed by atoms with Crippen LogP contribution in [-0.2, 0) is 9.47 Å². The Morgan fingerprint density at radius 2 is 1.69 bits per heavy atom. The van der Waals surface area contributed by atoms with Crippen molar-refractivity contribution in [2.24, 2.45) is 0 Å². The van der Waals surface area contributed by atoms with Crippen molar-refractivity contribution in [1.29, 1.82) is 0 Å². The molecule has 0 aliphatic carbocycles.